The first kappa shape index (κ1) is 11.2. The quantitative estimate of drug-likeness (QED) is 0.754. The van der Waals surface area contributed by atoms with Gasteiger partial charge in [0.05, 0.1) is 6.20 Å². The Bertz CT molecular complexity index is 255. The first-order valence-corrected chi connectivity index (χ1v) is 5.51. The average molecular weight is 195 g/mol. The molecule has 0 saturated heterocycles. The summed E-state index contributed by atoms with van der Waals surface area (Å²) in [6.45, 7) is 8.51. The highest BCUT2D eigenvalue weighted by Gasteiger charge is 2.00. The Hall–Kier alpha value is -0.830. The van der Waals surface area contributed by atoms with Gasteiger partial charge in [-0.25, -0.2) is 0 Å². The molecule has 3 heteroatoms. The minimum atomic E-state index is 0.588. The molecule has 0 radical (unpaired) electrons. The summed E-state index contributed by atoms with van der Waals surface area (Å²) >= 11 is 0. The third-order valence-electron chi connectivity index (χ3n) is 2.41. The van der Waals surface area contributed by atoms with Crippen LogP contribution in [0.1, 0.15) is 39.2 Å². The second kappa shape index (κ2) is 5.81. The van der Waals surface area contributed by atoms with Crippen molar-refractivity contribution in [3.63, 3.8) is 0 Å². The normalized spacial score (nSPS) is 13.1. The maximum atomic E-state index is 4.29. The number of nitrogens with zero attached hydrogens (tertiary/aromatic N) is 2. The summed E-state index contributed by atoms with van der Waals surface area (Å²) in [5.74, 6) is 0. The van der Waals surface area contributed by atoms with Gasteiger partial charge in [0, 0.05) is 30.9 Å². The van der Waals surface area contributed by atoms with Crippen LogP contribution in [0.4, 0.5) is 0 Å². The molecule has 1 heterocycles. The van der Waals surface area contributed by atoms with Crippen molar-refractivity contribution in [3.05, 3.63) is 18.0 Å². The molecular weight excluding hydrogens is 174 g/mol. The van der Waals surface area contributed by atoms with Crippen molar-refractivity contribution in [1.82, 2.24) is 15.1 Å². The van der Waals surface area contributed by atoms with Gasteiger partial charge in [-0.3, -0.25) is 4.68 Å². The zero-order valence-corrected chi connectivity index (χ0v) is 9.45. The Labute approximate surface area is 86.5 Å². The summed E-state index contributed by atoms with van der Waals surface area (Å²) in [5.41, 5.74) is 1.28. The van der Waals surface area contributed by atoms with Crippen LogP contribution in [0.2, 0.25) is 0 Å². The number of aryl methyl sites for hydroxylation is 1. The van der Waals surface area contributed by atoms with Gasteiger partial charge in [-0.2, -0.15) is 5.10 Å². The molecule has 0 bridgehead atoms. The molecule has 0 aromatic carbocycles. The second-order valence-corrected chi connectivity index (χ2v) is 3.80. The molecule has 0 saturated carbocycles. The SMILES string of the molecule is CCCn1cc(CNC(C)CC)cn1. The molecule has 1 unspecified atom stereocenters. The molecule has 1 N–H and O–H groups in total. The summed E-state index contributed by atoms with van der Waals surface area (Å²) in [4.78, 5) is 0. The van der Waals surface area contributed by atoms with Gasteiger partial charge >= 0.3 is 0 Å². The van der Waals surface area contributed by atoms with E-state index in [2.05, 4.69) is 37.4 Å². The van der Waals surface area contributed by atoms with E-state index in [0.29, 0.717) is 6.04 Å². The molecule has 0 amide bonds. The van der Waals surface area contributed by atoms with Crippen LogP contribution < -0.4 is 5.32 Å². The van der Waals surface area contributed by atoms with Crippen LogP contribution in [0.15, 0.2) is 12.4 Å². The standard InChI is InChI=1S/C11H21N3/c1-4-6-14-9-11(8-13-14)7-12-10(3)5-2/h8-10,12H,4-7H2,1-3H3. The van der Waals surface area contributed by atoms with E-state index >= 15 is 0 Å². The third-order valence-corrected chi connectivity index (χ3v) is 2.41. The topological polar surface area (TPSA) is 29.9 Å². The molecule has 1 aromatic heterocycles. The van der Waals surface area contributed by atoms with Gasteiger partial charge in [-0.05, 0) is 19.8 Å². The Morgan fingerprint density at radius 3 is 2.93 bits per heavy atom. The monoisotopic (exact) mass is 195 g/mol. The fourth-order valence-electron chi connectivity index (χ4n) is 1.29. The van der Waals surface area contributed by atoms with E-state index in [4.69, 9.17) is 0 Å². The van der Waals surface area contributed by atoms with Crippen molar-refractivity contribution in [1.29, 1.82) is 0 Å². The van der Waals surface area contributed by atoms with E-state index in [9.17, 15) is 0 Å². The van der Waals surface area contributed by atoms with Gasteiger partial charge in [-0.1, -0.05) is 13.8 Å². The highest BCUT2D eigenvalue weighted by Crippen LogP contribution is 1.99. The van der Waals surface area contributed by atoms with Crippen LogP contribution in [-0.4, -0.2) is 15.8 Å². The van der Waals surface area contributed by atoms with Gasteiger partial charge in [0.25, 0.3) is 0 Å². The van der Waals surface area contributed by atoms with Crippen molar-refractivity contribution in [3.8, 4) is 0 Å². The van der Waals surface area contributed by atoms with Crippen molar-refractivity contribution < 1.29 is 0 Å². The predicted molar refractivity (Wildman–Crippen MR) is 59.1 cm³/mol. The van der Waals surface area contributed by atoms with Gasteiger partial charge in [0.1, 0.15) is 0 Å². The average Bonchev–Trinajstić information content (AvgIpc) is 2.63. The first-order valence-electron chi connectivity index (χ1n) is 5.51. The molecule has 0 fully saturated rings. The zero-order chi connectivity index (χ0) is 10.4. The van der Waals surface area contributed by atoms with Gasteiger partial charge < -0.3 is 5.32 Å². The summed E-state index contributed by atoms with van der Waals surface area (Å²) < 4.78 is 2.01. The minimum Gasteiger partial charge on any atom is -0.310 e. The zero-order valence-electron chi connectivity index (χ0n) is 9.45. The van der Waals surface area contributed by atoms with Crippen LogP contribution in [0, 0.1) is 0 Å². The lowest BCUT2D eigenvalue weighted by molar-refractivity contribution is 0.533. The van der Waals surface area contributed by atoms with Crippen LogP contribution in [0.5, 0.6) is 0 Å². The molecule has 1 atom stereocenters. The van der Waals surface area contributed by atoms with Crippen LogP contribution in [-0.2, 0) is 13.1 Å². The molecule has 0 aliphatic carbocycles. The summed E-state index contributed by atoms with van der Waals surface area (Å²) in [7, 11) is 0. The highest BCUT2D eigenvalue weighted by molar-refractivity contribution is 5.03. The van der Waals surface area contributed by atoms with Crippen LogP contribution in [0.3, 0.4) is 0 Å². The van der Waals surface area contributed by atoms with E-state index in [0.717, 1.165) is 19.5 Å². The molecule has 0 spiro atoms. The fourth-order valence-corrected chi connectivity index (χ4v) is 1.29. The van der Waals surface area contributed by atoms with E-state index in [1.165, 1.54) is 12.0 Å². The molecule has 0 aliphatic rings. The lowest BCUT2D eigenvalue weighted by Gasteiger charge is -2.09. The number of hydrogen-bond acceptors (Lipinski definition) is 2. The molecule has 14 heavy (non-hydrogen) atoms. The molecule has 0 aliphatic heterocycles. The summed E-state index contributed by atoms with van der Waals surface area (Å²) in [6, 6.07) is 0.588. The fraction of sp³-hybridized carbons (Fsp3) is 0.727. The summed E-state index contributed by atoms with van der Waals surface area (Å²) in [5, 5.41) is 7.74. The largest absolute Gasteiger partial charge is 0.310 e. The lowest BCUT2D eigenvalue weighted by Crippen LogP contribution is -2.24. The summed E-state index contributed by atoms with van der Waals surface area (Å²) in [6.07, 6.45) is 6.38. The highest BCUT2D eigenvalue weighted by atomic mass is 15.3. The maximum absolute atomic E-state index is 4.29. The number of rotatable bonds is 6. The maximum Gasteiger partial charge on any atom is 0.0534 e. The van der Waals surface area contributed by atoms with Gasteiger partial charge in [0.15, 0.2) is 0 Å². The molecule has 1 rings (SSSR count). The molecular formula is C11H21N3. The van der Waals surface area contributed by atoms with Crippen molar-refractivity contribution in [2.45, 2.75) is 52.7 Å². The molecule has 80 valence electrons. The number of nitrogens with one attached hydrogen (secondary N) is 1. The molecule has 3 nitrogen and oxygen atoms in total. The van der Waals surface area contributed by atoms with Crippen molar-refractivity contribution in [2.75, 3.05) is 0 Å². The van der Waals surface area contributed by atoms with Crippen LogP contribution in [0.25, 0.3) is 0 Å². The van der Waals surface area contributed by atoms with E-state index in [1.54, 1.807) is 0 Å². The van der Waals surface area contributed by atoms with Crippen LogP contribution >= 0.6 is 0 Å². The lowest BCUT2D eigenvalue weighted by atomic mass is 10.2. The Kier molecular flexibility index (Phi) is 4.66. The van der Waals surface area contributed by atoms with Crippen molar-refractivity contribution in [2.24, 2.45) is 0 Å². The third kappa shape index (κ3) is 3.50. The van der Waals surface area contributed by atoms with Crippen molar-refractivity contribution >= 4 is 0 Å². The van der Waals surface area contributed by atoms with Gasteiger partial charge in [0.2, 0.25) is 0 Å². The Morgan fingerprint density at radius 1 is 1.50 bits per heavy atom. The second-order valence-electron chi connectivity index (χ2n) is 3.80. The van der Waals surface area contributed by atoms with Gasteiger partial charge in [-0.15, -0.1) is 0 Å². The first-order chi connectivity index (χ1) is 6.76. The van der Waals surface area contributed by atoms with E-state index < -0.39 is 0 Å². The number of hydrogen-bond donors (Lipinski definition) is 1. The Balaban J connectivity index is 2.35. The Morgan fingerprint density at radius 2 is 2.29 bits per heavy atom. The van der Waals surface area contributed by atoms with E-state index in [1.807, 2.05) is 10.9 Å². The smallest absolute Gasteiger partial charge is 0.0534 e. The number of aromatic nitrogens is 2. The predicted octanol–water partition coefficient (Wildman–Crippen LogP) is 2.18. The molecule has 1 aromatic rings. The minimum absolute atomic E-state index is 0.588. The van der Waals surface area contributed by atoms with E-state index in [-0.39, 0.29) is 0 Å².